The van der Waals surface area contributed by atoms with Crippen molar-refractivity contribution in [2.45, 2.75) is 44.6 Å². The molecule has 2 aliphatic rings. The molecule has 2 N–H and O–H groups in total. The average molecular weight is 211 g/mol. The van der Waals surface area contributed by atoms with E-state index in [0.717, 1.165) is 19.3 Å². The summed E-state index contributed by atoms with van der Waals surface area (Å²) in [5.41, 5.74) is 0. The molecule has 86 valence electrons. The van der Waals surface area contributed by atoms with Gasteiger partial charge < -0.3 is 10.4 Å². The molecule has 0 bridgehead atoms. The Kier molecular flexibility index (Phi) is 3.29. The van der Waals surface area contributed by atoms with Gasteiger partial charge in [-0.05, 0) is 31.1 Å². The topological polar surface area (TPSA) is 49.3 Å². The molecule has 1 amide bonds. The van der Waals surface area contributed by atoms with Gasteiger partial charge in [0.2, 0.25) is 5.91 Å². The van der Waals surface area contributed by atoms with Gasteiger partial charge in [-0.15, -0.1) is 0 Å². The number of hydrogen-bond acceptors (Lipinski definition) is 2. The van der Waals surface area contributed by atoms with Crippen LogP contribution in [0.4, 0.5) is 0 Å². The first-order chi connectivity index (χ1) is 7.24. The lowest BCUT2D eigenvalue weighted by Gasteiger charge is -2.42. The van der Waals surface area contributed by atoms with E-state index < -0.39 is 6.10 Å². The predicted molar refractivity (Wildman–Crippen MR) is 58.2 cm³/mol. The van der Waals surface area contributed by atoms with Gasteiger partial charge in [-0.2, -0.15) is 0 Å². The Morgan fingerprint density at radius 2 is 1.93 bits per heavy atom. The Balaban J connectivity index is 2.04. The van der Waals surface area contributed by atoms with E-state index in [9.17, 15) is 9.90 Å². The Bertz CT molecular complexity index is 242. The van der Waals surface area contributed by atoms with E-state index in [1.165, 1.54) is 19.3 Å². The molecule has 0 saturated heterocycles. The molecule has 2 fully saturated rings. The summed E-state index contributed by atoms with van der Waals surface area (Å²) in [6.07, 6.45) is 6.48. The van der Waals surface area contributed by atoms with Crippen LogP contribution >= 0.6 is 0 Å². The van der Waals surface area contributed by atoms with Gasteiger partial charge in [0.1, 0.15) is 0 Å². The molecule has 2 aliphatic carbocycles. The highest BCUT2D eigenvalue weighted by Gasteiger charge is 2.41. The summed E-state index contributed by atoms with van der Waals surface area (Å²) < 4.78 is 0. The third-order valence-corrected chi connectivity index (χ3v) is 4.25. The molecule has 3 nitrogen and oxygen atoms in total. The molecule has 4 atom stereocenters. The maximum atomic E-state index is 11.6. The van der Waals surface area contributed by atoms with E-state index in [1.54, 1.807) is 7.05 Å². The summed E-state index contributed by atoms with van der Waals surface area (Å²) in [4.78, 5) is 11.6. The Labute approximate surface area is 91.2 Å². The number of hydrogen-bond donors (Lipinski definition) is 2. The zero-order valence-electron chi connectivity index (χ0n) is 9.41. The van der Waals surface area contributed by atoms with E-state index in [4.69, 9.17) is 0 Å². The number of aliphatic hydroxyl groups excluding tert-OH is 1. The van der Waals surface area contributed by atoms with Crippen molar-refractivity contribution in [3.05, 3.63) is 0 Å². The zero-order chi connectivity index (χ0) is 10.8. The standard InChI is InChI=1S/C12H21NO2/c1-13-12(15)10-7-6-8-4-2-3-5-9(8)11(10)14/h8-11,14H,2-7H2,1H3,(H,13,15). The van der Waals surface area contributed by atoms with Crippen LogP contribution in [0.15, 0.2) is 0 Å². The third kappa shape index (κ3) is 2.03. The first kappa shape index (κ1) is 10.9. The van der Waals surface area contributed by atoms with Gasteiger partial charge in [0.25, 0.3) is 0 Å². The Hall–Kier alpha value is -0.570. The summed E-state index contributed by atoms with van der Waals surface area (Å²) >= 11 is 0. The molecule has 0 radical (unpaired) electrons. The molecule has 0 aromatic heterocycles. The Morgan fingerprint density at radius 1 is 1.20 bits per heavy atom. The molecule has 0 heterocycles. The van der Waals surface area contributed by atoms with Gasteiger partial charge in [-0.3, -0.25) is 4.79 Å². The molecule has 0 aliphatic heterocycles. The summed E-state index contributed by atoms with van der Waals surface area (Å²) in [6.45, 7) is 0. The molecule has 0 aromatic carbocycles. The van der Waals surface area contributed by atoms with E-state index >= 15 is 0 Å². The number of carbonyl (C=O) groups is 1. The largest absolute Gasteiger partial charge is 0.392 e. The average Bonchev–Trinajstić information content (AvgIpc) is 2.29. The quantitative estimate of drug-likeness (QED) is 0.687. The van der Waals surface area contributed by atoms with E-state index in [1.807, 2.05) is 0 Å². The van der Waals surface area contributed by atoms with Crippen LogP contribution in [0.1, 0.15) is 38.5 Å². The van der Waals surface area contributed by atoms with Crippen molar-refractivity contribution in [1.82, 2.24) is 5.32 Å². The lowest BCUT2D eigenvalue weighted by molar-refractivity contribution is -0.134. The molecule has 15 heavy (non-hydrogen) atoms. The highest BCUT2D eigenvalue weighted by atomic mass is 16.3. The molecule has 4 unspecified atom stereocenters. The molecular weight excluding hydrogens is 190 g/mol. The lowest BCUT2D eigenvalue weighted by atomic mass is 9.65. The fourth-order valence-electron chi connectivity index (χ4n) is 3.38. The second-order valence-corrected chi connectivity index (χ2v) is 5.00. The zero-order valence-corrected chi connectivity index (χ0v) is 9.41. The second-order valence-electron chi connectivity index (χ2n) is 5.00. The summed E-state index contributed by atoms with van der Waals surface area (Å²) in [7, 11) is 1.65. The molecule has 0 aromatic rings. The summed E-state index contributed by atoms with van der Waals surface area (Å²) in [5.74, 6) is 0.922. The van der Waals surface area contributed by atoms with Crippen molar-refractivity contribution in [2.24, 2.45) is 17.8 Å². The van der Waals surface area contributed by atoms with Crippen molar-refractivity contribution in [3.8, 4) is 0 Å². The van der Waals surface area contributed by atoms with Gasteiger partial charge in [0.15, 0.2) is 0 Å². The Morgan fingerprint density at radius 3 is 2.67 bits per heavy atom. The van der Waals surface area contributed by atoms with Gasteiger partial charge in [-0.25, -0.2) is 0 Å². The second kappa shape index (κ2) is 4.52. The van der Waals surface area contributed by atoms with Gasteiger partial charge >= 0.3 is 0 Å². The van der Waals surface area contributed by atoms with Crippen LogP contribution in [0.2, 0.25) is 0 Å². The monoisotopic (exact) mass is 211 g/mol. The predicted octanol–water partition coefficient (Wildman–Crippen LogP) is 1.31. The normalized spacial score (nSPS) is 40.7. The summed E-state index contributed by atoms with van der Waals surface area (Å²) in [6, 6.07) is 0. The minimum atomic E-state index is -0.399. The van der Waals surface area contributed by atoms with Crippen molar-refractivity contribution < 1.29 is 9.90 Å². The highest BCUT2D eigenvalue weighted by molar-refractivity contribution is 5.79. The third-order valence-electron chi connectivity index (χ3n) is 4.25. The number of amides is 1. The van der Waals surface area contributed by atoms with Gasteiger partial charge in [0.05, 0.1) is 12.0 Å². The maximum Gasteiger partial charge on any atom is 0.225 e. The smallest absolute Gasteiger partial charge is 0.225 e. The van der Waals surface area contributed by atoms with E-state index in [2.05, 4.69) is 5.32 Å². The fraction of sp³-hybridized carbons (Fsp3) is 0.917. The number of rotatable bonds is 1. The van der Waals surface area contributed by atoms with Crippen LogP contribution in [0.25, 0.3) is 0 Å². The van der Waals surface area contributed by atoms with Crippen molar-refractivity contribution in [2.75, 3.05) is 7.05 Å². The molecule has 2 saturated carbocycles. The van der Waals surface area contributed by atoms with Crippen LogP contribution in [-0.4, -0.2) is 24.2 Å². The van der Waals surface area contributed by atoms with Crippen molar-refractivity contribution in [3.63, 3.8) is 0 Å². The van der Waals surface area contributed by atoms with E-state index in [0.29, 0.717) is 11.8 Å². The van der Waals surface area contributed by atoms with Crippen molar-refractivity contribution >= 4 is 5.91 Å². The molecule has 3 heteroatoms. The highest BCUT2D eigenvalue weighted by Crippen LogP contribution is 2.42. The molecular formula is C12H21NO2. The van der Waals surface area contributed by atoms with Crippen LogP contribution in [0, 0.1) is 17.8 Å². The van der Waals surface area contributed by atoms with Crippen LogP contribution < -0.4 is 5.32 Å². The number of aliphatic hydroxyl groups is 1. The van der Waals surface area contributed by atoms with Gasteiger partial charge in [0, 0.05) is 7.05 Å². The first-order valence-electron chi connectivity index (χ1n) is 6.13. The number of nitrogens with one attached hydrogen (secondary N) is 1. The van der Waals surface area contributed by atoms with E-state index in [-0.39, 0.29) is 11.8 Å². The molecule has 2 rings (SSSR count). The fourth-order valence-corrected chi connectivity index (χ4v) is 3.38. The number of carbonyl (C=O) groups excluding carboxylic acids is 1. The lowest BCUT2D eigenvalue weighted by Crippen LogP contribution is -2.46. The number of fused-ring (bicyclic) bond motifs is 1. The minimum Gasteiger partial charge on any atom is -0.392 e. The van der Waals surface area contributed by atoms with Crippen LogP contribution in [-0.2, 0) is 4.79 Å². The SMILES string of the molecule is CNC(=O)C1CCC2CCCCC2C1O. The maximum absolute atomic E-state index is 11.6. The van der Waals surface area contributed by atoms with Crippen molar-refractivity contribution in [1.29, 1.82) is 0 Å². The minimum absolute atomic E-state index is 0.0199. The van der Waals surface area contributed by atoms with Gasteiger partial charge in [-0.1, -0.05) is 19.3 Å². The summed E-state index contributed by atoms with van der Waals surface area (Å²) in [5, 5.41) is 12.9. The first-order valence-corrected chi connectivity index (χ1v) is 6.13. The molecule has 0 spiro atoms. The van der Waals surface area contributed by atoms with Crippen LogP contribution in [0.5, 0.6) is 0 Å². The van der Waals surface area contributed by atoms with Crippen LogP contribution in [0.3, 0.4) is 0 Å².